The van der Waals surface area contributed by atoms with E-state index in [0.717, 1.165) is 48.1 Å². The monoisotopic (exact) mass is 595 g/mol. The van der Waals surface area contributed by atoms with Crippen molar-refractivity contribution in [2.24, 2.45) is 0 Å². The third-order valence-electron chi connectivity index (χ3n) is 8.54. The van der Waals surface area contributed by atoms with Crippen LogP contribution >= 0.6 is 0 Å². The van der Waals surface area contributed by atoms with E-state index in [4.69, 9.17) is 19.6 Å². The molecule has 3 aliphatic heterocycles. The number of carbonyl (C=O) groups is 1. The fraction of sp³-hybridized carbons (Fsp3) is 0.429. The van der Waals surface area contributed by atoms with Gasteiger partial charge in [-0.1, -0.05) is 30.4 Å². The zero-order valence-electron chi connectivity index (χ0n) is 26.2. The van der Waals surface area contributed by atoms with Crippen LogP contribution in [0.15, 0.2) is 60.9 Å². The number of nitrogens with zero attached hydrogens (tertiary/aromatic N) is 5. The quantitative estimate of drug-likeness (QED) is 0.265. The molecule has 0 aliphatic carbocycles. The molecule has 1 saturated heterocycles. The van der Waals surface area contributed by atoms with Gasteiger partial charge >= 0.3 is 5.97 Å². The molecule has 44 heavy (non-hydrogen) atoms. The first-order chi connectivity index (χ1) is 21.0. The minimum atomic E-state index is -1.21. The summed E-state index contributed by atoms with van der Waals surface area (Å²) in [6.07, 6.45) is 10.3. The largest absolute Gasteiger partial charge is 0.479 e. The van der Waals surface area contributed by atoms with Crippen LogP contribution in [-0.2, 0) is 20.7 Å². The van der Waals surface area contributed by atoms with E-state index in [-0.39, 0.29) is 5.60 Å². The molecule has 1 fully saturated rings. The van der Waals surface area contributed by atoms with Crippen LogP contribution in [0.2, 0.25) is 0 Å². The molecule has 0 radical (unpaired) electrons. The number of hydrogen-bond acceptors (Lipinski definition) is 7. The van der Waals surface area contributed by atoms with Gasteiger partial charge in [-0.3, -0.25) is 4.98 Å². The smallest absolute Gasteiger partial charge is 0.337 e. The molecule has 9 heteroatoms. The fourth-order valence-corrected chi connectivity index (χ4v) is 6.21. The lowest BCUT2D eigenvalue weighted by Gasteiger charge is -2.41. The summed E-state index contributed by atoms with van der Waals surface area (Å²) in [6.45, 7) is 11.5. The van der Waals surface area contributed by atoms with E-state index >= 15 is 0 Å². The molecule has 0 saturated carbocycles. The maximum absolute atomic E-state index is 12.7. The van der Waals surface area contributed by atoms with Crippen molar-refractivity contribution in [3.8, 4) is 22.4 Å². The summed E-state index contributed by atoms with van der Waals surface area (Å²) in [5.74, 6) is -0.346. The Kier molecular flexibility index (Phi) is 8.02. The maximum atomic E-state index is 12.7. The topological polar surface area (TPSA) is 102 Å². The summed E-state index contributed by atoms with van der Waals surface area (Å²) in [4.78, 5) is 24.3. The highest BCUT2D eigenvalue weighted by Crippen LogP contribution is 2.38. The normalized spacial score (nSPS) is 18.3. The van der Waals surface area contributed by atoms with Gasteiger partial charge in [0.2, 0.25) is 0 Å². The lowest BCUT2D eigenvalue weighted by molar-refractivity contribution is -0.160. The molecule has 0 spiro atoms. The van der Waals surface area contributed by atoms with Gasteiger partial charge in [0.25, 0.3) is 0 Å². The van der Waals surface area contributed by atoms with E-state index in [1.165, 1.54) is 5.56 Å². The van der Waals surface area contributed by atoms with Gasteiger partial charge in [0.15, 0.2) is 11.8 Å². The van der Waals surface area contributed by atoms with Gasteiger partial charge in [0.1, 0.15) is 5.82 Å². The molecule has 1 atom stereocenters. The van der Waals surface area contributed by atoms with Gasteiger partial charge in [-0.05, 0) is 83.6 Å². The molecule has 1 N–H and O–H groups in total. The number of aliphatic carboxylic acids is 1. The number of aromatic nitrogens is 4. The van der Waals surface area contributed by atoms with E-state index in [9.17, 15) is 9.90 Å². The lowest BCUT2D eigenvalue weighted by atomic mass is 9.92. The van der Waals surface area contributed by atoms with Crippen molar-refractivity contribution >= 4 is 17.4 Å². The summed E-state index contributed by atoms with van der Waals surface area (Å²) in [6, 6.07) is 12.4. The number of carboxylic acids is 1. The van der Waals surface area contributed by atoms with Gasteiger partial charge in [0.05, 0.1) is 29.1 Å². The minimum Gasteiger partial charge on any atom is -0.479 e. The Labute approximate surface area is 258 Å². The molecule has 1 aromatic carbocycles. The number of fused-ring (bicyclic) bond motifs is 6. The van der Waals surface area contributed by atoms with Gasteiger partial charge in [-0.2, -0.15) is 9.61 Å². The maximum Gasteiger partial charge on any atom is 0.337 e. The van der Waals surface area contributed by atoms with Crippen LogP contribution in [-0.4, -0.2) is 61.6 Å². The molecule has 3 aliphatic rings. The molecule has 3 aromatic heterocycles. The number of rotatable bonds is 3. The zero-order chi connectivity index (χ0) is 31.1. The van der Waals surface area contributed by atoms with Crippen molar-refractivity contribution in [2.75, 3.05) is 24.6 Å². The van der Waals surface area contributed by atoms with Crippen molar-refractivity contribution in [2.45, 2.75) is 77.6 Å². The average Bonchev–Trinajstić information content (AvgIpc) is 3.41. The summed E-state index contributed by atoms with van der Waals surface area (Å²) >= 11 is 0. The third kappa shape index (κ3) is 6.12. The van der Waals surface area contributed by atoms with Crippen molar-refractivity contribution in [1.29, 1.82) is 0 Å². The summed E-state index contributed by atoms with van der Waals surface area (Å²) < 4.78 is 14.4. The molecule has 7 rings (SSSR count). The number of ether oxygens (including phenoxy) is 2. The van der Waals surface area contributed by atoms with Crippen LogP contribution in [0, 0.1) is 6.92 Å². The molecular formula is C35H41N5O4. The molecule has 230 valence electrons. The molecule has 6 heterocycles. The van der Waals surface area contributed by atoms with Crippen LogP contribution in [0.1, 0.15) is 69.9 Å². The van der Waals surface area contributed by atoms with Crippen LogP contribution in [0.5, 0.6) is 0 Å². The second kappa shape index (κ2) is 11.8. The molecular weight excluding hydrogens is 554 g/mol. The van der Waals surface area contributed by atoms with Crippen molar-refractivity contribution in [3.63, 3.8) is 0 Å². The SMILES string of the molecule is Cc1nc2cc3nn2c(c1[C@H](OC(C)(C)C)C(=O)O)N1CCC(C)(CC1)OC/C=C/CCc1ccncc1-c1cccc-3c1. The third-order valence-corrected chi connectivity index (χ3v) is 8.54. The first-order valence-corrected chi connectivity index (χ1v) is 15.4. The summed E-state index contributed by atoms with van der Waals surface area (Å²) in [7, 11) is 0. The fourth-order valence-electron chi connectivity index (χ4n) is 6.21. The van der Waals surface area contributed by atoms with Crippen LogP contribution in [0.25, 0.3) is 28.0 Å². The summed E-state index contributed by atoms with van der Waals surface area (Å²) in [5, 5.41) is 15.5. The Bertz CT molecular complexity index is 1710. The highest BCUT2D eigenvalue weighted by Gasteiger charge is 2.37. The van der Waals surface area contributed by atoms with E-state index in [1.807, 2.05) is 62.8 Å². The highest BCUT2D eigenvalue weighted by atomic mass is 16.5. The number of hydrogen-bond donors (Lipinski definition) is 1. The van der Waals surface area contributed by atoms with Crippen molar-refractivity contribution in [3.05, 3.63) is 77.8 Å². The average molecular weight is 596 g/mol. The standard InChI is InChI=1S/C35H41N5O4/c1-23-30(31(33(41)42)44-34(2,3)4)32-39-17-14-35(5,15-18-39)43-19-8-6-7-10-24-13-16-36-22-27(24)25-11-9-12-26(20-25)28-21-29(37-23)40(32)38-28/h6,8-9,11-13,16,20-22,31H,7,10,14-15,17-19H2,1-5H3,(H,41,42)/b8-6+/t31-/m0/s1. The summed E-state index contributed by atoms with van der Waals surface area (Å²) in [5.41, 5.74) is 5.94. The van der Waals surface area contributed by atoms with Gasteiger partial charge in [0, 0.05) is 48.4 Å². The minimum absolute atomic E-state index is 0.286. The van der Waals surface area contributed by atoms with Crippen molar-refractivity contribution < 1.29 is 19.4 Å². The Morgan fingerprint density at radius 1 is 1.11 bits per heavy atom. The number of pyridine rings is 1. The molecule has 0 unspecified atom stereocenters. The second-order valence-corrected chi connectivity index (χ2v) is 13.1. The van der Waals surface area contributed by atoms with E-state index in [0.29, 0.717) is 42.4 Å². The first kappa shape index (κ1) is 30.0. The van der Waals surface area contributed by atoms with Crippen LogP contribution in [0.3, 0.4) is 0 Å². The number of aryl methyl sites for hydroxylation is 2. The number of carboxylic acid groups (broad SMARTS) is 1. The van der Waals surface area contributed by atoms with Crippen LogP contribution in [0.4, 0.5) is 5.82 Å². The number of anilines is 1. The van der Waals surface area contributed by atoms with E-state index < -0.39 is 17.7 Å². The Balaban J connectivity index is 1.55. The van der Waals surface area contributed by atoms with Gasteiger partial charge in [-0.15, -0.1) is 0 Å². The first-order valence-electron chi connectivity index (χ1n) is 15.4. The second-order valence-electron chi connectivity index (χ2n) is 13.1. The predicted octanol–water partition coefficient (Wildman–Crippen LogP) is 6.59. The molecule has 0 amide bonds. The zero-order valence-corrected chi connectivity index (χ0v) is 26.2. The Morgan fingerprint density at radius 2 is 1.89 bits per heavy atom. The molecule has 9 nitrogen and oxygen atoms in total. The number of piperidine rings is 1. The van der Waals surface area contributed by atoms with Gasteiger partial charge < -0.3 is 19.5 Å². The highest BCUT2D eigenvalue weighted by molar-refractivity contribution is 5.79. The number of benzene rings is 1. The molecule has 4 aromatic rings. The Hall–Kier alpha value is -4.08. The van der Waals surface area contributed by atoms with E-state index in [2.05, 4.69) is 47.2 Å². The molecule has 6 bridgehead atoms. The van der Waals surface area contributed by atoms with Crippen molar-refractivity contribution in [1.82, 2.24) is 19.6 Å². The number of allylic oxidation sites excluding steroid dienone is 1. The predicted molar refractivity (Wildman–Crippen MR) is 171 cm³/mol. The van der Waals surface area contributed by atoms with Gasteiger partial charge in [-0.25, -0.2) is 9.78 Å². The van der Waals surface area contributed by atoms with Crippen LogP contribution < -0.4 is 4.90 Å². The Morgan fingerprint density at radius 3 is 2.64 bits per heavy atom. The lowest BCUT2D eigenvalue weighted by Crippen LogP contribution is -2.45. The van der Waals surface area contributed by atoms with E-state index in [1.54, 1.807) is 0 Å².